The number of hydrogen-bond acceptors (Lipinski definition) is 4. The Hall–Kier alpha value is -0.620. The van der Waals surface area contributed by atoms with Gasteiger partial charge in [-0.2, -0.15) is 5.10 Å². The minimum Gasteiger partial charge on any atom is -0.373 e. The molecule has 0 bridgehead atoms. The fourth-order valence-corrected chi connectivity index (χ4v) is 3.28. The molecule has 0 aliphatic heterocycles. The molecule has 0 saturated heterocycles. The maximum Gasteiger partial charge on any atom is 0.0933 e. The molecule has 1 unspecified atom stereocenters. The van der Waals surface area contributed by atoms with E-state index in [0.717, 1.165) is 31.4 Å². The van der Waals surface area contributed by atoms with Gasteiger partial charge < -0.3 is 4.74 Å². The zero-order valence-corrected chi connectivity index (χ0v) is 11.7. The van der Waals surface area contributed by atoms with Gasteiger partial charge in [0.1, 0.15) is 0 Å². The third kappa shape index (κ3) is 2.28. The van der Waals surface area contributed by atoms with Crippen LogP contribution in [0.4, 0.5) is 0 Å². The normalized spacial score (nSPS) is 20.2. The van der Waals surface area contributed by atoms with Crippen LogP contribution >= 0.6 is 11.6 Å². The van der Waals surface area contributed by atoms with Crippen molar-refractivity contribution < 1.29 is 4.74 Å². The molecular formula is C12H21ClN4O. The Morgan fingerprint density at radius 2 is 2.28 bits per heavy atom. The molecule has 2 rings (SSSR count). The Balaban J connectivity index is 2.37. The summed E-state index contributed by atoms with van der Waals surface area (Å²) in [4.78, 5) is 0. The van der Waals surface area contributed by atoms with Crippen LogP contribution in [0, 0.1) is 0 Å². The molecule has 5 nitrogen and oxygen atoms in total. The van der Waals surface area contributed by atoms with E-state index < -0.39 is 0 Å². The molecule has 0 spiro atoms. The van der Waals surface area contributed by atoms with Crippen LogP contribution in [0.3, 0.4) is 0 Å². The van der Waals surface area contributed by atoms with Crippen molar-refractivity contribution >= 4 is 11.6 Å². The van der Waals surface area contributed by atoms with Crippen LogP contribution in [0.1, 0.15) is 44.3 Å². The lowest BCUT2D eigenvalue weighted by molar-refractivity contribution is -0.0644. The fraction of sp³-hybridized carbons (Fsp3) is 0.750. The van der Waals surface area contributed by atoms with Crippen LogP contribution < -0.4 is 11.3 Å². The van der Waals surface area contributed by atoms with Gasteiger partial charge in [-0.25, -0.2) is 5.43 Å². The van der Waals surface area contributed by atoms with Crippen molar-refractivity contribution in [3.63, 3.8) is 0 Å². The lowest BCUT2D eigenvalue weighted by Crippen LogP contribution is -2.47. The van der Waals surface area contributed by atoms with Gasteiger partial charge in [0.2, 0.25) is 0 Å². The Kier molecular flexibility index (Phi) is 4.27. The summed E-state index contributed by atoms with van der Waals surface area (Å²) in [6.45, 7) is 2.69. The molecule has 1 heterocycles. The Labute approximate surface area is 113 Å². The van der Waals surface area contributed by atoms with Crippen molar-refractivity contribution in [2.75, 3.05) is 6.61 Å². The minimum absolute atomic E-state index is 0.125. The van der Waals surface area contributed by atoms with Crippen LogP contribution in [-0.2, 0) is 11.8 Å². The highest BCUT2D eigenvalue weighted by atomic mass is 35.5. The van der Waals surface area contributed by atoms with Crippen LogP contribution in [0.5, 0.6) is 0 Å². The first-order valence-electron chi connectivity index (χ1n) is 6.42. The fourth-order valence-electron chi connectivity index (χ4n) is 3.00. The number of nitrogens with zero attached hydrogens (tertiary/aromatic N) is 2. The summed E-state index contributed by atoms with van der Waals surface area (Å²) >= 11 is 6.22. The zero-order valence-electron chi connectivity index (χ0n) is 10.9. The van der Waals surface area contributed by atoms with Crippen molar-refractivity contribution in [3.8, 4) is 0 Å². The van der Waals surface area contributed by atoms with Gasteiger partial charge >= 0.3 is 0 Å². The molecule has 1 aliphatic rings. The maximum atomic E-state index is 6.22. The smallest absolute Gasteiger partial charge is 0.0933 e. The van der Waals surface area contributed by atoms with Crippen LogP contribution in [0.2, 0.25) is 5.02 Å². The number of aryl methyl sites for hydroxylation is 1. The monoisotopic (exact) mass is 272 g/mol. The second-order valence-electron chi connectivity index (χ2n) is 4.81. The molecule has 102 valence electrons. The number of hydrogen-bond donors (Lipinski definition) is 2. The van der Waals surface area contributed by atoms with E-state index in [4.69, 9.17) is 22.2 Å². The molecular weight excluding hydrogens is 252 g/mol. The van der Waals surface area contributed by atoms with Crippen molar-refractivity contribution in [1.29, 1.82) is 0 Å². The highest BCUT2D eigenvalue weighted by Crippen LogP contribution is 2.43. The summed E-state index contributed by atoms with van der Waals surface area (Å²) < 4.78 is 7.80. The van der Waals surface area contributed by atoms with E-state index in [9.17, 15) is 0 Å². The number of hydrazine groups is 1. The molecule has 1 aromatic rings. The number of rotatable bonds is 5. The first-order valence-corrected chi connectivity index (χ1v) is 6.80. The lowest BCUT2D eigenvalue weighted by atomic mass is 9.89. The van der Waals surface area contributed by atoms with Crippen molar-refractivity contribution in [2.45, 2.75) is 44.2 Å². The number of nitrogens with one attached hydrogen (secondary N) is 1. The van der Waals surface area contributed by atoms with Gasteiger partial charge in [0.15, 0.2) is 0 Å². The molecule has 6 heteroatoms. The lowest BCUT2D eigenvalue weighted by Gasteiger charge is -2.37. The number of nitrogens with two attached hydrogens (primary N) is 1. The van der Waals surface area contributed by atoms with E-state index in [1.165, 1.54) is 0 Å². The molecule has 0 amide bonds. The Bertz CT molecular complexity index is 381. The van der Waals surface area contributed by atoms with Crippen LogP contribution in [0.15, 0.2) is 6.20 Å². The standard InChI is InChI=1S/C12H21ClN4O/c1-3-18-12(6-4-5-7-12)11(16-14)10-9(13)8-15-17(10)2/h8,11,16H,3-7,14H2,1-2H3. The molecule has 1 fully saturated rings. The van der Waals surface area contributed by atoms with E-state index in [1.54, 1.807) is 10.9 Å². The van der Waals surface area contributed by atoms with Gasteiger partial charge in [-0.1, -0.05) is 24.4 Å². The van der Waals surface area contributed by atoms with Gasteiger partial charge in [-0.15, -0.1) is 0 Å². The highest BCUT2D eigenvalue weighted by molar-refractivity contribution is 6.31. The number of halogens is 1. The SMILES string of the molecule is CCOC1(C(NN)c2c(Cl)cnn2C)CCCC1. The molecule has 1 aliphatic carbocycles. The van der Waals surface area contributed by atoms with Gasteiger partial charge in [0.25, 0.3) is 0 Å². The average molecular weight is 273 g/mol. The van der Waals surface area contributed by atoms with Crippen molar-refractivity contribution in [1.82, 2.24) is 15.2 Å². The molecule has 18 heavy (non-hydrogen) atoms. The summed E-state index contributed by atoms with van der Waals surface area (Å²) in [6.07, 6.45) is 5.96. The average Bonchev–Trinajstić information content (AvgIpc) is 2.93. The quantitative estimate of drug-likeness (QED) is 0.635. The predicted molar refractivity (Wildman–Crippen MR) is 71.1 cm³/mol. The number of aromatic nitrogens is 2. The van der Waals surface area contributed by atoms with Crippen molar-refractivity contribution in [3.05, 3.63) is 16.9 Å². The largest absolute Gasteiger partial charge is 0.373 e. The maximum absolute atomic E-state index is 6.22. The zero-order chi connectivity index (χ0) is 13.2. The third-order valence-electron chi connectivity index (χ3n) is 3.79. The van der Waals surface area contributed by atoms with Gasteiger partial charge in [-0.05, 0) is 19.8 Å². The summed E-state index contributed by atoms with van der Waals surface area (Å²) in [6, 6.07) is -0.125. The second-order valence-corrected chi connectivity index (χ2v) is 5.21. The minimum atomic E-state index is -0.263. The molecule has 1 atom stereocenters. The van der Waals surface area contributed by atoms with E-state index in [1.807, 2.05) is 14.0 Å². The van der Waals surface area contributed by atoms with E-state index >= 15 is 0 Å². The molecule has 3 N–H and O–H groups in total. The first kappa shape index (κ1) is 13.8. The Morgan fingerprint density at radius 1 is 1.61 bits per heavy atom. The topological polar surface area (TPSA) is 65.1 Å². The second kappa shape index (κ2) is 5.57. The van der Waals surface area contributed by atoms with E-state index in [-0.39, 0.29) is 11.6 Å². The van der Waals surface area contributed by atoms with Crippen molar-refractivity contribution in [2.24, 2.45) is 12.9 Å². The van der Waals surface area contributed by atoms with Gasteiger partial charge in [0.05, 0.1) is 28.6 Å². The summed E-state index contributed by atoms with van der Waals surface area (Å²) in [5, 5.41) is 4.81. The van der Waals surface area contributed by atoms with E-state index in [0.29, 0.717) is 11.6 Å². The molecule has 0 radical (unpaired) electrons. The first-order chi connectivity index (χ1) is 8.64. The molecule has 0 aromatic carbocycles. The number of ether oxygens (including phenoxy) is 1. The molecule has 1 aromatic heterocycles. The highest BCUT2D eigenvalue weighted by Gasteiger charge is 2.44. The summed E-state index contributed by atoms with van der Waals surface area (Å²) in [7, 11) is 1.88. The molecule has 1 saturated carbocycles. The predicted octanol–water partition coefficient (Wildman–Crippen LogP) is 1.93. The van der Waals surface area contributed by atoms with E-state index in [2.05, 4.69) is 10.5 Å². The van der Waals surface area contributed by atoms with Gasteiger partial charge in [0, 0.05) is 13.7 Å². The van der Waals surface area contributed by atoms with Crippen LogP contribution in [0.25, 0.3) is 0 Å². The Morgan fingerprint density at radius 3 is 2.72 bits per heavy atom. The summed E-state index contributed by atoms with van der Waals surface area (Å²) in [5.74, 6) is 5.77. The van der Waals surface area contributed by atoms with Gasteiger partial charge in [-0.3, -0.25) is 10.5 Å². The third-order valence-corrected chi connectivity index (χ3v) is 4.08. The van der Waals surface area contributed by atoms with Crippen LogP contribution in [-0.4, -0.2) is 22.0 Å². The summed E-state index contributed by atoms with van der Waals surface area (Å²) in [5.41, 5.74) is 3.52.